The van der Waals surface area contributed by atoms with Crippen molar-refractivity contribution >= 4 is 23.3 Å². The average Bonchev–Trinajstić information content (AvgIpc) is 2.96. The number of carbonyl (C=O) groups excluding carboxylic acids is 1. The van der Waals surface area contributed by atoms with Crippen molar-refractivity contribution in [1.29, 1.82) is 0 Å². The van der Waals surface area contributed by atoms with Gasteiger partial charge in [0.15, 0.2) is 0 Å². The molecule has 7 atom stereocenters. The molecule has 3 N–H and O–H groups in total. The van der Waals surface area contributed by atoms with Crippen molar-refractivity contribution in [2.45, 2.75) is 76.9 Å². The van der Waals surface area contributed by atoms with Crippen LogP contribution >= 0.6 is 11.8 Å². The van der Waals surface area contributed by atoms with Gasteiger partial charge in [-0.15, -0.1) is 0 Å². The first-order valence-electron chi connectivity index (χ1n) is 11.0. The summed E-state index contributed by atoms with van der Waals surface area (Å²) in [6.45, 7) is 5.46. The number of ketones is 1. The highest BCUT2D eigenvalue weighted by atomic mass is 32.2. The Kier molecular flexibility index (Phi) is 5.39. The molecule has 0 heterocycles. The minimum Gasteiger partial charge on any atom is -0.411 e. The third-order valence-electron chi connectivity index (χ3n) is 8.97. The molecular formula is C22H36N2O2S. The number of carbonyl (C=O) groups is 1. The van der Waals surface area contributed by atoms with E-state index >= 15 is 0 Å². The number of rotatable bonds is 4. The van der Waals surface area contributed by atoms with Crippen LogP contribution in [-0.2, 0) is 4.79 Å². The lowest BCUT2D eigenvalue weighted by Crippen LogP contribution is -2.56. The lowest BCUT2D eigenvalue weighted by atomic mass is 9.45. The van der Waals surface area contributed by atoms with Crippen LogP contribution in [-0.4, -0.2) is 34.2 Å². The molecule has 152 valence electrons. The normalized spacial score (nSPS) is 48.2. The minimum atomic E-state index is -0.111. The topological polar surface area (TPSA) is 75.7 Å². The molecule has 0 amide bonds. The zero-order valence-corrected chi connectivity index (χ0v) is 17.8. The fourth-order valence-electron chi connectivity index (χ4n) is 7.40. The minimum absolute atomic E-state index is 0.111. The summed E-state index contributed by atoms with van der Waals surface area (Å²) in [6, 6.07) is 0. The molecule has 0 aromatic rings. The summed E-state index contributed by atoms with van der Waals surface area (Å²) in [5.74, 6) is 3.76. The molecule has 0 aromatic carbocycles. The van der Waals surface area contributed by atoms with E-state index in [1.165, 1.54) is 19.3 Å². The monoisotopic (exact) mass is 392 g/mol. The van der Waals surface area contributed by atoms with Gasteiger partial charge in [-0.1, -0.05) is 19.0 Å². The van der Waals surface area contributed by atoms with E-state index < -0.39 is 0 Å². The molecule has 27 heavy (non-hydrogen) atoms. The van der Waals surface area contributed by atoms with Gasteiger partial charge < -0.3 is 10.9 Å². The fraction of sp³-hybridized carbons (Fsp3) is 0.909. The Labute approximate surface area is 168 Å². The van der Waals surface area contributed by atoms with Crippen LogP contribution in [0.3, 0.4) is 0 Å². The van der Waals surface area contributed by atoms with E-state index in [1.54, 1.807) is 0 Å². The number of fused-ring (bicyclic) bond motifs is 5. The zero-order valence-electron chi connectivity index (χ0n) is 17.0. The van der Waals surface area contributed by atoms with Crippen molar-refractivity contribution in [3.63, 3.8) is 0 Å². The summed E-state index contributed by atoms with van der Waals surface area (Å²) >= 11 is 2.07. The SMILES string of the molecule is C[C@]12CCC(SCCCN)C[C@@H]1/C(=N/O)C[C@@H]1[C@@H]2CC[C@]2(C)C(=O)CC[C@@H]12. The molecule has 0 spiro atoms. The van der Waals surface area contributed by atoms with Crippen molar-refractivity contribution in [2.75, 3.05) is 12.3 Å². The fourth-order valence-corrected chi connectivity index (χ4v) is 8.68. The van der Waals surface area contributed by atoms with Gasteiger partial charge in [-0.2, -0.15) is 11.8 Å². The van der Waals surface area contributed by atoms with Crippen LogP contribution in [0.5, 0.6) is 0 Å². The Morgan fingerprint density at radius 1 is 1.22 bits per heavy atom. The van der Waals surface area contributed by atoms with Gasteiger partial charge >= 0.3 is 0 Å². The Balaban J connectivity index is 1.57. The largest absolute Gasteiger partial charge is 0.411 e. The van der Waals surface area contributed by atoms with E-state index in [-0.39, 0.29) is 10.8 Å². The summed E-state index contributed by atoms with van der Waals surface area (Å²) in [5, 5.41) is 14.4. The first-order chi connectivity index (χ1) is 12.9. The smallest absolute Gasteiger partial charge is 0.139 e. The van der Waals surface area contributed by atoms with E-state index in [1.807, 2.05) is 0 Å². The molecule has 4 saturated carbocycles. The van der Waals surface area contributed by atoms with E-state index in [0.29, 0.717) is 34.7 Å². The molecule has 0 bridgehead atoms. The molecule has 0 radical (unpaired) electrons. The van der Waals surface area contributed by atoms with Gasteiger partial charge in [-0.25, -0.2) is 0 Å². The van der Waals surface area contributed by atoms with Crippen LogP contribution in [0.25, 0.3) is 0 Å². The van der Waals surface area contributed by atoms with Crippen LogP contribution in [0.15, 0.2) is 5.16 Å². The van der Waals surface area contributed by atoms with Gasteiger partial charge in [0, 0.05) is 23.0 Å². The number of nitrogens with zero attached hydrogens (tertiary/aromatic N) is 1. The maximum Gasteiger partial charge on any atom is 0.139 e. The maximum absolute atomic E-state index is 12.6. The predicted molar refractivity (Wildman–Crippen MR) is 111 cm³/mol. The van der Waals surface area contributed by atoms with Crippen molar-refractivity contribution < 1.29 is 10.0 Å². The third kappa shape index (κ3) is 3.08. The summed E-state index contributed by atoms with van der Waals surface area (Å²) in [4.78, 5) is 12.6. The molecule has 4 aliphatic rings. The molecule has 0 saturated heterocycles. The zero-order chi connectivity index (χ0) is 19.2. The molecule has 4 rings (SSSR count). The maximum atomic E-state index is 12.6. The second-order valence-corrected chi connectivity index (χ2v) is 11.5. The number of thioether (sulfide) groups is 1. The van der Waals surface area contributed by atoms with Crippen molar-refractivity contribution in [1.82, 2.24) is 0 Å². The van der Waals surface area contributed by atoms with Gasteiger partial charge in [-0.3, -0.25) is 4.79 Å². The molecule has 4 aliphatic carbocycles. The number of Topliss-reactive ketones (excluding diaryl/α,β-unsaturated/α-hetero) is 1. The second kappa shape index (κ2) is 7.37. The lowest BCUT2D eigenvalue weighted by molar-refractivity contribution is -0.133. The molecule has 1 unspecified atom stereocenters. The third-order valence-corrected chi connectivity index (χ3v) is 10.4. The van der Waals surface area contributed by atoms with Crippen molar-refractivity contribution in [3.8, 4) is 0 Å². The van der Waals surface area contributed by atoms with Crippen LogP contribution in [0.2, 0.25) is 0 Å². The Bertz CT molecular complexity index is 623. The van der Waals surface area contributed by atoms with Crippen LogP contribution < -0.4 is 5.73 Å². The standard InChI is InChI=1S/C22H36N2O2S/c1-21-8-6-14(27-11-3-10-23)12-18(21)19(24-26)13-15-16-4-5-20(25)22(16,2)9-7-17(15)21/h14-18,26H,3-13,23H2,1-2H3/b24-19+/t14?,15-,16-,17-,18+,21+,22-/m0/s1. The van der Waals surface area contributed by atoms with Gasteiger partial charge in [0.25, 0.3) is 0 Å². The molecule has 0 aromatic heterocycles. The van der Waals surface area contributed by atoms with Crippen molar-refractivity contribution in [3.05, 3.63) is 0 Å². The quantitative estimate of drug-likeness (QED) is 0.420. The Morgan fingerprint density at radius 2 is 2.04 bits per heavy atom. The second-order valence-electron chi connectivity index (χ2n) is 10.1. The van der Waals surface area contributed by atoms with E-state index in [0.717, 1.165) is 56.5 Å². The first kappa shape index (κ1) is 19.8. The van der Waals surface area contributed by atoms with Crippen molar-refractivity contribution in [2.24, 2.45) is 45.4 Å². The van der Waals surface area contributed by atoms with Gasteiger partial charge in [0.2, 0.25) is 0 Å². The van der Waals surface area contributed by atoms with Crippen LogP contribution in [0, 0.1) is 34.5 Å². The molecule has 0 aliphatic heterocycles. The van der Waals surface area contributed by atoms with Gasteiger partial charge in [0.05, 0.1) is 5.71 Å². The lowest BCUT2D eigenvalue weighted by Gasteiger charge is -2.60. The van der Waals surface area contributed by atoms with Crippen LogP contribution in [0.1, 0.15) is 71.6 Å². The molecule has 4 nitrogen and oxygen atoms in total. The highest BCUT2D eigenvalue weighted by Gasteiger charge is 2.61. The number of nitrogens with two attached hydrogens (primary N) is 1. The highest BCUT2D eigenvalue weighted by Crippen LogP contribution is 2.65. The van der Waals surface area contributed by atoms with Crippen LogP contribution in [0.4, 0.5) is 0 Å². The number of hydrogen-bond acceptors (Lipinski definition) is 5. The first-order valence-corrected chi connectivity index (χ1v) is 12.0. The van der Waals surface area contributed by atoms with E-state index in [2.05, 4.69) is 30.8 Å². The van der Waals surface area contributed by atoms with E-state index in [9.17, 15) is 10.0 Å². The summed E-state index contributed by atoms with van der Waals surface area (Å²) < 4.78 is 0. The number of hydrogen-bond donors (Lipinski definition) is 2. The predicted octanol–water partition coefficient (Wildman–Crippen LogP) is 4.49. The molecular weight excluding hydrogens is 356 g/mol. The summed E-state index contributed by atoms with van der Waals surface area (Å²) in [5.41, 5.74) is 6.82. The summed E-state index contributed by atoms with van der Waals surface area (Å²) in [6.07, 6.45) is 9.71. The molecule has 4 fully saturated rings. The summed E-state index contributed by atoms with van der Waals surface area (Å²) in [7, 11) is 0. The van der Waals surface area contributed by atoms with Gasteiger partial charge in [-0.05, 0) is 86.8 Å². The average molecular weight is 393 g/mol. The van der Waals surface area contributed by atoms with E-state index in [4.69, 9.17) is 5.73 Å². The Hall–Kier alpha value is -0.550. The Morgan fingerprint density at radius 3 is 2.78 bits per heavy atom. The number of oxime groups is 1. The van der Waals surface area contributed by atoms with Gasteiger partial charge in [0.1, 0.15) is 5.78 Å². The highest BCUT2D eigenvalue weighted by molar-refractivity contribution is 7.99. The molecule has 5 heteroatoms.